The van der Waals surface area contributed by atoms with Gasteiger partial charge in [0.05, 0.1) is 24.8 Å². The van der Waals surface area contributed by atoms with Gasteiger partial charge in [-0.05, 0) is 19.1 Å². The van der Waals surface area contributed by atoms with Gasteiger partial charge in [0, 0.05) is 32.7 Å². The van der Waals surface area contributed by atoms with E-state index in [1.165, 1.54) is 0 Å². The largest absolute Gasteiger partial charge is 0.492 e. The van der Waals surface area contributed by atoms with Gasteiger partial charge in [0.1, 0.15) is 5.75 Å². The summed E-state index contributed by atoms with van der Waals surface area (Å²) in [5.41, 5.74) is 1.00. The molecule has 7 heteroatoms. The van der Waals surface area contributed by atoms with E-state index in [2.05, 4.69) is 4.90 Å². The molecule has 1 aromatic carbocycles. The van der Waals surface area contributed by atoms with E-state index >= 15 is 0 Å². The molecule has 0 bridgehead atoms. The zero-order valence-electron chi connectivity index (χ0n) is 13.2. The van der Waals surface area contributed by atoms with Crippen molar-refractivity contribution in [3.63, 3.8) is 0 Å². The van der Waals surface area contributed by atoms with Gasteiger partial charge < -0.3 is 14.7 Å². The summed E-state index contributed by atoms with van der Waals surface area (Å²) in [7, 11) is 0. The third-order valence-electron chi connectivity index (χ3n) is 3.81. The van der Waals surface area contributed by atoms with Gasteiger partial charge in [-0.25, -0.2) is 0 Å². The maximum absolute atomic E-state index is 12.3. The highest BCUT2D eigenvalue weighted by atomic mass is 19.4. The number of halogens is 3. The molecule has 23 heavy (non-hydrogen) atoms. The minimum atomic E-state index is -4.32. The van der Waals surface area contributed by atoms with Crippen LogP contribution in [0.1, 0.15) is 13.3 Å². The molecule has 1 aromatic rings. The van der Waals surface area contributed by atoms with Crippen LogP contribution in [-0.4, -0.2) is 61.6 Å². The number of hydrogen-bond donors (Lipinski definition) is 1. The molecule has 2 rings (SSSR count). The van der Waals surface area contributed by atoms with Crippen LogP contribution in [0.3, 0.4) is 0 Å². The Hall–Kier alpha value is -1.47. The number of benzene rings is 1. The van der Waals surface area contributed by atoms with Gasteiger partial charge in [-0.3, -0.25) is 4.90 Å². The molecule has 1 saturated heterocycles. The molecule has 1 aliphatic rings. The van der Waals surface area contributed by atoms with E-state index in [9.17, 15) is 18.3 Å². The fraction of sp³-hybridized carbons (Fsp3) is 0.625. The predicted molar refractivity (Wildman–Crippen MR) is 82.9 cm³/mol. The van der Waals surface area contributed by atoms with Gasteiger partial charge in [-0.15, -0.1) is 0 Å². The van der Waals surface area contributed by atoms with Crippen molar-refractivity contribution >= 4 is 5.69 Å². The van der Waals surface area contributed by atoms with E-state index in [0.717, 1.165) is 11.4 Å². The van der Waals surface area contributed by atoms with Crippen LogP contribution in [0.15, 0.2) is 24.3 Å². The molecule has 130 valence electrons. The number of aliphatic hydroxyl groups is 1. The van der Waals surface area contributed by atoms with Crippen molar-refractivity contribution in [3.8, 4) is 5.75 Å². The Morgan fingerprint density at radius 2 is 1.83 bits per heavy atom. The second-order valence-electron chi connectivity index (χ2n) is 5.66. The molecule has 0 saturated carbocycles. The van der Waals surface area contributed by atoms with Crippen LogP contribution < -0.4 is 9.64 Å². The Balaban J connectivity index is 1.87. The Bertz CT molecular complexity index is 488. The highest BCUT2D eigenvalue weighted by molar-refractivity contribution is 5.58. The first-order valence-corrected chi connectivity index (χ1v) is 7.83. The number of aliphatic hydroxyl groups excluding tert-OH is 1. The van der Waals surface area contributed by atoms with Crippen LogP contribution in [0.4, 0.5) is 18.9 Å². The molecule has 1 aliphatic heterocycles. The van der Waals surface area contributed by atoms with Crippen molar-refractivity contribution < 1.29 is 23.0 Å². The third-order valence-corrected chi connectivity index (χ3v) is 3.81. The zero-order valence-corrected chi connectivity index (χ0v) is 13.2. The van der Waals surface area contributed by atoms with Gasteiger partial charge in [0.2, 0.25) is 0 Å². The molecule has 0 spiro atoms. The normalized spacial score (nSPS) is 18.0. The lowest BCUT2D eigenvalue weighted by molar-refractivity contribution is -0.155. The number of para-hydroxylation sites is 2. The van der Waals surface area contributed by atoms with E-state index in [4.69, 9.17) is 4.74 Å². The number of ether oxygens (including phenoxy) is 1. The molecular weight excluding hydrogens is 309 g/mol. The summed E-state index contributed by atoms with van der Waals surface area (Å²) in [4.78, 5) is 4.04. The quantitative estimate of drug-likeness (QED) is 0.868. The lowest BCUT2D eigenvalue weighted by atomic mass is 10.2. The molecule has 0 radical (unpaired) electrons. The minimum Gasteiger partial charge on any atom is -0.492 e. The lowest BCUT2D eigenvalue weighted by Crippen LogP contribution is -2.49. The number of alkyl halides is 3. The van der Waals surface area contributed by atoms with Crippen LogP contribution >= 0.6 is 0 Å². The highest BCUT2D eigenvalue weighted by Gasteiger charge is 2.32. The smallest absolute Gasteiger partial charge is 0.391 e. The van der Waals surface area contributed by atoms with Crippen LogP contribution in [0, 0.1) is 0 Å². The highest BCUT2D eigenvalue weighted by Crippen LogP contribution is 2.29. The van der Waals surface area contributed by atoms with E-state index in [1.54, 1.807) is 0 Å². The number of β-amino-alcohol motifs (C(OH)–C–C–N with tert-alkyl or cyclic N) is 1. The van der Waals surface area contributed by atoms with Gasteiger partial charge in [-0.2, -0.15) is 13.2 Å². The first kappa shape index (κ1) is 17.9. The Morgan fingerprint density at radius 3 is 2.43 bits per heavy atom. The molecular formula is C16H23F3N2O2. The Kier molecular flexibility index (Phi) is 6.12. The second-order valence-corrected chi connectivity index (χ2v) is 5.66. The molecule has 0 amide bonds. The first-order chi connectivity index (χ1) is 10.9. The van der Waals surface area contributed by atoms with Crippen molar-refractivity contribution in [2.75, 3.05) is 44.2 Å². The summed E-state index contributed by atoms with van der Waals surface area (Å²) in [6.45, 7) is 5.20. The molecule has 1 heterocycles. The fourth-order valence-corrected chi connectivity index (χ4v) is 2.80. The molecule has 4 nitrogen and oxygen atoms in total. The van der Waals surface area contributed by atoms with E-state index in [0.29, 0.717) is 32.8 Å². The molecule has 1 N–H and O–H groups in total. The Labute approximate surface area is 134 Å². The van der Waals surface area contributed by atoms with Crippen molar-refractivity contribution in [1.29, 1.82) is 0 Å². The molecule has 0 aliphatic carbocycles. The van der Waals surface area contributed by atoms with Crippen LogP contribution in [0.25, 0.3) is 0 Å². The van der Waals surface area contributed by atoms with Crippen molar-refractivity contribution in [2.24, 2.45) is 0 Å². The lowest BCUT2D eigenvalue weighted by Gasteiger charge is -2.37. The fourth-order valence-electron chi connectivity index (χ4n) is 2.80. The molecule has 0 aromatic heterocycles. The van der Waals surface area contributed by atoms with Gasteiger partial charge in [-0.1, -0.05) is 12.1 Å². The Morgan fingerprint density at radius 1 is 1.17 bits per heavy atom. The molecule has 1 fully saturated rings. The topological polar surface area (TPSA) is 35.9 Å². The minimum absolute atomic E-state index is 0.0560. The molecule has 0 unspecified atom stereocenters. The summed E-state index contributed by atoms with van der Waals surface area (Å²) in [6, 6.07) is 7.76. The summed E-state index contributed by atoms with van der Waals surface area (Å²) in [5, 5.41) is 9.54. The first-order valence-electron chi connectivity index (χ1n) is 7.83. The van der Waals surface area contributed by atoms with E-state index < -0.39 is 18.7 Å². The number of rotatable bonds is 6. The number of hydrogen-bond acceptors (Lipinski definition) is 4. The summed E-state index contributed by atoms with van der Waals surface area (Å²) < 4.78 is 42.4. The number of anilines is 1. The average Bonchev–Trinajstić information content (AvgIpc) is 2.47. The van der Waals surface area contributed by atoms with Gasteiger partial charge in [0.25, 0.3) is 0 Å². The van der Waals surface area contributed by atoms with Crippen LogP contribution in [0.5, 0.6) is 5.75 Å². The monoisotopic (exact) mass is 332 g/mol. The van der Waals surface area contributed by atoms with E-state index in [-0.39, 0.29) is 6.54 Å². The number of piperazine rings is 1. The predicted octanol–water partition coefficient (Wildman–Crippen LogP) is 2.52. The summed E-state index contributed by atoms with van der Waals surface area (Å²) in [5.74, 6) is 0.820. The maximum Gasteiger partial charge on any atom is 0.391 e. The average molecular weight is 332 g/mol. The third kappa shape index (κ3) is 5.58. The number of nitrogens with zero attached hydrogens (tertiary/aromatic N) is 2. The van der Waals surface area contributed by atoms with E-state index in [1.807, 2.05) is 36.1 Å². The van der Waals surface area contributed by atoms with Crippen LogP contribution in [0.2, 0.25) is 0 Å². The SMILES string of the molecule is CCOc1ccccc1N1CCN(C[C@@H](O)CC(F)(F)F)CC1. The summed E-state index contributed by atoms with van der Waals surface area (Å²) in [6.07, 6.45) is -6.84. The van der Waals surface area contributed by atoms with Crippen molar-refractivity contribution in [1.82, 2.24) is 4.90 Å². The zero-order chi connectivity index (χ0) is 16.9. The van der Waals surface area contributed by atoms with Crippen LogP contribution in [-0.2, 0) is 0 Å². The molecule has 1 atom stereocenters. The second kappa shape index (κ2) is 7.88. The van der Waals surface area contributed by atoms with Crippen molar-refractivity contribution in [3.05, 3.63) is 24.3 Å². The standard InChI is InChI=1S/C16H23F3N2O2/c1-2-23-15-6-4-3-5-14(15)21-9-7-20(8-10-21)12-13(22)11-16(17,18)19/h3-6,13,22H,2,7-12H2,1H3/t13-/m0/s1. The maximum atomic E-state index is 12.3. The van der Waals surface area contributed by atoms with Crippen molar-refractivity contribution in [2.45, 2.75) is 25.6 Å². The van der Waals surface area contributed by atoms with Gasteiger partial charge >= 0.3 is 6.18 Å². The van der Waals surface area contributed by atoms with Gasteiger partial charge in [0.15, 0.2) is 0 Å². The summed E-state index contributed by atoms with van der Waals surface area (Å²) >= 11 is 0.